The molecule has 0 aromatic heterocycles. The molecule has 0 N–H and O–H groups in total. The largest absolute Gasteiger partial charge is 0.466 e. The number of esters is 2. The van der Waals surface area contributed by atoms with Crippen molar-refractivity contribution < 1.29 is 19.1 Å². The monoisotopic (exact) mass is 384 g/mol. The van der Waals surface area contributed by atoms with E-state index in [1.54, 1.807) is 0 Å². The summed E-state index contributed by atoms with van der Waals surface area (Å²) in [6, 6.07) is 0. The summed E-state index contributed by atoms with van der Waals surface area (Å²) in [5, 5.41) is 0. The number of hydrogen-bond acceptors (Lipinski definition) is 4. The van der Waals surface area contributed by atoms with Crippen molar-refractivity contribution in [1.82, 2.24) is 0 Å². The maximum Gasteiger partial charge on any atom is 0.306 e. The predicted octanol–water partition coefficient (Wildman–Crippen LogP) is 6.60. The molecule has 0 saturated carbocycles. The standard InChI is InChI=1S/C23H44O4/c1-5-9-10-11-12-13-14-19-26-22(24)17-18-23(25)27-21(8-4)16-15-20(6-2)7-3/h20-21H,5-19H2,1-4H3. The Balaban J connectivity index is 3.75. The van der Waals surface area contributed by atoms with Gasteiger partial charge in [-0.3, -0.25) is 9.59 Å². The maximum absolute atomic E-state index is 12.0. The van der Waals surface area contributed by atoms with Crippen LogP contribution in [0.2, 0.25) is 0 Å². The van der Waals surface area contributed by atoms with Gasteiger partial charge in [0, 0.05) is 0 Å². The van der Waals surface area contributed by atoms with Crippen molar-refractivity contribution in [3.8, 4) is 0 Å². The van der Waals surface area contributed by atoms with E-state index >= 15 is 0 Å². The Bertz CT molecular complexity index is 363. The summed E-state index contributed by atoms with van der Waals surface area (Å²) in [7, 11) is 0. The molecule has 4 heteroatoms. The lowest BCUT2D eigenvalue weighted by molar-refractivity contribution is -0.154. The Labute approximate surface area is 167 Å². The Morgan fingerprint density at radius 1 is 0.704 bits per heavy atom. The van der Waals surface area contributed by atoms with Gasteiger partial charge in [-0.15, -0.1) is 0 Å². The number of carbonyl (C=O) groups excluding carboxylic acids is 2. The highest BCUT2D eigenvalue weighted by atomic mass is 16.5. The van der Waals surface area contributed by atoms with Gasteiger partial charge in [-0.05, 0) is 31.6 Å². The van der Waals surface area contributed by atoms with Gasteiger partial charge in [-0.2, -0.15) is 0 Å². The normalized spacial score (nSPS) is 12.2. The second kappa shape index (κ2) is 18.3. The predicted molar refractivity (Wildman–Crippen MR) is 112 cm³/mol. The average Bonchev–Trinajstić information content (AvgIpc) is 2.68. The van der Waals surface area contributed by atoms with Crippen LogP contribution < -0.4 is 0 Å². The molecule has 0 amide bonds. The summed E-state index contributed by atoms with van der Waals surface area (Å²) in [6.07, 6.45) is 13.8. The second-order valence-corrected chi connectivity index (χ2v) is 7.62. The van der Waals surface area contributed by atoms with Gasteiger partial charge in [0.25, 0.3) is 0 Å². The first-order chi connectivity index (χ1) is 13.1. The molecule has 0 rings (SSSR count). The van der Waals surface area contributed by atoms with Crippen LogP contribution in [0.4, 0.5) is 0 Å². The van der Waals surface area contributed by atoms with Crippen LogP contribution in [0, 0.1) is 5.92 Å². The molecule has 0 heterocycles. The first kappa shape index (κ1) is 25.9. The van der Waals surface area contributed by atoms with Gasteiger partial charge in [0.05, 0.1) is 19.4 Å². The zero-order valence-corrected chi connectivity index (χ0v) is 18.4. The van der Waals surface area contributed by atoms with E-state index in [9.17, 15) is 9.59 Å². The number of hydrogen-bond donors (Lipinski definition) is 0. The van der Waals surface area contributed by atoms with Crippen LogP contribution in [-0.4, -0.2) is 24.6 Å². The molecule has 0 aromatic rings. The number of rotatable bonds is 18. The third-order valence-electron chi connectivity index (χ3n) is 5.35. The van der Waals surface area contributed by atoms with E-state index in [-0.39, 0.29) is 30.9 Å². The summed E-state index contributed by atoms with van der Waals surface area (Å²) >= 11 is 0. The van der Waals surface area contributed by atoms with E-state index in [1.807, 2.05) is 6.92 Å². The average molecular weight is 385 g/mol. The molecule has 0 aliphatic rings. The van der Waals surface area contributed by atoms with Crippen molar-refractivity contribution in [1.29, 1.82) is 0 Å². The fourth-order valence-electron chi connectivity index (χ4n) is 3.23. The van der Waals surface area contributed by atoms with Crippen LogP contribution in [-0.2, 0) is 19.1 Å². The van der Waals surface area contributed by atoms with E-state index in [4.69, 9.17) is 9.47 Å². The molecule has 0 aromatic carbocycles. The summed E-state index contributed by atoms with van der Waals surface area (Å²) in [5.41, 5.74) is 0. The smallest absolute Gasteiger partial charge is 0.306 e. The van der Waals surface area contributed by atoms with E-state index < -0.39 is 0 Å². The Hall–Kier alpha value is -1.06. The second-order valence-electron chi connectivity index (χ2n) is 7.62. The van der Waals surface area contributed by atoms with Crippen LogP contribution in [0.25, 0.3) is 0 Å². The molecule has 0 spiro atoms. The van der Waals surface area contributed by atoms with Crippen molar-refractivity contribution >= 4 is 11.9 Å². The van der Waals surface area contributed by atoms with Gasteiger partial charge < -0.3 is 9.47 Å². The number of carbonyl (C=O) groups is 2. The van der Waals surface area contributed by atoms with E-state index in [0.717, 1.165) is 32.1 Å². The Morgan fingerprint density at radius 2 is 1.30 bits per heavy atom. The van der Waals surface area contributed by atoms with Gasteiger partial charge >= 0.3 is 11.9 Å². The topological polar surface area (TPSA) is 52.6 Å². The van der Waals surface area contributed by atoms with Gasteiger partial charge in [-0.1, -0.05) is 79.1 Å². The van der Waals surface area contributed by atoms with Crippen LogP contribution in [0.1, 0.15) is 118 Å². The van der Waals surface area contributed by atoms with Gasteiger partial charge in [0.1, 0.15) is 6.10 Å². The molecule has 0 aliphatic heterocycles. The van der Waals surface area contributed by atoms with Gasteiger partial charge in [0.15, 0.2) is 0 Å². The number of ether oxygens (including phenoxy) is 2. The summed E-state index contributed by atoms with van der Waals surface area (Å²) in [4.78, 5) is 23.7. The molecule has 0 bridgehead atoms. The highest BCUT2D eigenvalue weighted by Gasteiger charge is 2.16. The third-order valence-corrected chi connectivity index (χ3v) is 5.35. The summed E-state index contributed by atoms with van der Waals surface area (Å²) in [6.45, 7) is 9.14. The van der Waals surface area contributed by atoms with Crippen LogP contribution in [0.3, 0.4) is 0 Å². The van der Waals surface area contributed by atoms with Gasteiger partial charge in [-0.25, -0.2) is 0 Å². The lowest BCUT2D eigenvalue weighted by Gasteiger charge is -2.19. The lowest BCUT2D eigenvalue weighted by Crippen LogP contribution is -2.19. The van der Waals surface area contributed by atoms with Crippen LogP contribution in [0.5, 0.6) is 0 Å². The molecule has 0 saturated heterocycles. The minimum Gasteiger partial charge on any atom is -0.466 e. The maximum atomic E-state index is 12.0. The molecule has 0 fully saturated rings. The molecule has 27 heavy (non-hydrogen) atoms. The van der Waals surface area contributed by atoms with Crippen molar-refractivity contribution in [2.24, 2.45) is 5.92 Å². The minimum atomic E-state index is -0.289. The quantitative estimate of drug-likeness (QED) is 0.197. The molecular formula is C23H44O4. The van der Waals surface area contributed by atoms with Crippen LogP contribution >= 0.6 is 0 Å². The van der Waals surface area contributed by atoms with E-state index in [1.165, 1.54) is 44.9 Å². The lowest BCUT2D eigenvalue weighted by atomic mass is 9.95. The molecule has 0 aliphatic carbocycles. The Morgan fingerprint density at radius 3 is 1.89 bits per heavy atom. The van der Waals surface area contributed by atoms with E-state index in [0.29, 0.717) is 12.5 Å². The molecule has 1 unspecified atom stereocenters. The first-order valence-corrected chi connectivity index (χ1v) is 11.4. The fourth-order valence-corrected chi connectivity index (χ4v) is 3.23. The molecule has 160 valence electrons. The molecule has 4 nitrogen and oxygen atoms in total. The van der Waals surface area contributed by atoms with Crippen molar-refractivity contribution in [3.05, 3.63) is 0 Å². The van der Waals surface area contributed by atoms with E-state index in [2.05, 4.69) is 20.8 Å². The number of unbranched alkanes of at least 4 members (excludes halogenated alkanes) is 6. The molecular weight excluding hydrogens is 340 g/mol. The molecule has 1 atom stereocenters. The summed E-state index contributed by atoms with van der Waals surface area (Å²) < 4.78 is 10.7. The molecule has 0 radical (unpaired) electrons. The van der Waals surface area contributed by atoms with Crippen molar-refractivity contribution in [3.63, 3.8) is 0 Å². The Kier molecular flexibility index (Phi) is 17.6. The zero-order valence-electron chi connectivity index (χ0n) is 18.4. The zero-order chi connectivity index (χ0) is 20.3. The highest BCUT2D eigenvalue weighted by molar-refractivity contribution is 5.77. The van der Waals surface area contributed by atoms with Crippen LogP contribution in [0.15, 0.2) is 0 Å². The third kappa shape index (κ3) is 15.7. The van der Waals surface area contributed by atoms with Crippen molar-refractivity contribution in [2.75, 3.05) is 6.61 Å². The minimum absolute atomic E-state index is 0.0261. The summed E-state index contributed by atoms with van der Waals surface area (Å²) in [5.74, 6) is 0.140. The van der Waals surface area contributed by atoms with Crippen molar-refractivity contribution in [2.45, 2.75) is 124 Å². The fraction of sp³-hybridized carbons (Fsp3) is 0.913. The highest BCUT2D eigenvalue weighted by Crippen LogP contribution is 2.19. The SMILES string of the molecule is CCCCCCCCCOC(=O)CCC(=O)OC(CC)CCC(CC)CC. The van der Waals surface area contributed by atoms with Gasteiger partial charge in [0.2, 0.25) is 0 Å². The first-order valence-electron chi connectivity index (χ1n) is 11.4.